The summed E-state index contributed by atoms with van der Waals surface area (Å²) in [5, 5.41) is 0. The third-order valence-corrected chi connectivity index (χ3v) is 6.20. The fourth-order valence-electron chi connectivity index (χ4n) is 4.92. The van der Waals surface area contributed by atoms with Gasteiger partial charge < -0.3 is 9.36 Å². The van der Waals surface area contributed by atoms with Gasteiger partial charge in [-0.2, -0.15) is 0 Å². The SMILES string of the molecule is [C-]#[N+]C1=C[C@@]2(C)c3nc(C)n(-c4cccc(C)c4)c3CC[C@@H]2[C@@H](C)C1=O. The number of benzene rings is 1. The van der Waals surface area contributed by atoms with Gasteiger partial charge in [-0.15, -0.1) is 0 Å². The number of hydrogen-bond acceptors (Lipinski definition) is 2. The molecule has 0 fully saturated rings. The molecule has 2 aliphatic carbocycles. The molecule has 0 spiro atoms. The number of hydrogen-bond donors (Lipinski definition) is 0. The number of nitrogens with zero attached hydrogens (tertiary/aromatic N) is 3. The number of imidazole rings is 1. The maximum atomic E-state index is 12.5. The second-order valence-corrected chi connectivity index (χ2v) is 7.85. The molecule has 0 saturated heterocycles. The zero-order chi connectivity index (χ0) is 18.6. The summed E-state index contributed by atoms with van der Waals surface area (Å²) in [6, 6.07) is 8.46. The third-order valence-electron chi connectivity index (χ3n) is 6.20. The maximum Gasteiger partial charge on any atom is 0.226 e. The highest BCUT2D eigenvalue weighted by Crippen LogP contribution is 2.50. The number of Topliss-reactive ketones (excluding diaryl/α,β-unsaturated/α-hetero) is 1. The average Bonchev–Trinajstić information content (AvgIpc) is 2.95. The summed E-state index contributed by atoms with van der Waals surface area (Å²) in [4.78, 5) is 20.9. The Morgan fingerprint density at radius 1 is 1.35 bits per heavy atom. The van der Waals surface area contributed by atoms with Crippen molar-refractivity contribution in [2.45, 2.75) is 46.0 Å². The van der Waals surface area contributed by atoms with Gasteiger partial charge in [0.05, 0.1) is 12.3 Å². The summed E-state index contributed by atoms with van der Waals surface area (Å²) in [5.41, 5.74) is 4.51. The van der Waals surface area contributed by atoms with Crippen LogP contribution in [0, 0.1) is 32.3 Å². The molecular formula is C22H23N3O. The lowest BCUT2D eigenvalue weighted by Crippen LogP contribution is -2.45. The lowest BCUT2D eigenvalue weighted by molar-refractivity contribution is -0.121. The zero-order valence-corrected chi connectivity index (χ0v) is 15.7. The Morgan fingerprint density at radius 2 is 2.12 bits per heavy atom. The molecule has 4 heteroatoms. The Morgan fingerprint density at radius 3 is 2.81 bits per heavy atom. The Kier molecular flexibility index (Phi) is 3.66. The van der Waals surface area contributed by atoms with Gasteiger partial charge in [-0.1, -0.05) is 32.1 Å². The standard InChI is InChI=1S/C22H23N3O/c1-13-7-6-8-16(11-13)25-15(3)24-21-19(25)10-9-17-14(2)20(26)18(23-5)12-22(17,21)4/h6-8,11-12,14,17H,9-10H2,1-4H3/t14-,17-,22-/m1/s1. The van der Waals surface area contributed by atoms with E-state index in [1.54, 1.807) is 0 Å². The van der Waals surface area contributed by atoms with Gasteiger partial charge >= 0.3 is 0 Å². The van der Waals surface area contributed by atoms with E-state index < -0.39 is 0 Å². The van der Waals surface area contributed by atoms with E-state index in [1.807, 2.05) is 19.9 Å². The van der Waals surface area contributed by atoms with Crippen molar-refractivity contribution >= 4 is 5.78 Å². The Labute approximate surface area is 154 Å². The van der Waals surface area contributed by atoms with Gasteiger partial charge in [0.15, 0.2) is 5.78 Å². The Bertz CT molecular complexity index is 991. The topological polar surface area (TPSA) is 39.2 Å². The third kappa shape index (κ3) is 2.20. The van der Waals surface area contributed by atoms with Crippen LogP contribution >= 0.6 is 0 Å². The first-order valence-electron chi connectivity index (χ1n) is 9.17. The van der Waals surface area contributed by atoms with Gasteiger partial charge in [0, 0.05) is 22.7 Å². The maximum absolute atomic E-state index is 12.5. The number of allylic oxidation sites excluding steroid dienone is 2. The first kappa shape index (κ1) is 16.8. The predicted octanol–water partition coefficient (Wildman–Crippen LogP) is 4.33. The van der Waals surface area contributed by atoms with Crippen molar-refractivity contribution in [2.24, 2.45) is 11.8 Å². The van der Waals surface area contributed by atoms with Crippen molar-refractivity contribution in [1.82, 2.24) is 9.55 Å². The summed E-state index contributed by atoms with van der Waals surface area (Å²) in [6.07, 6.45) is 3.73. The number of carbonyl (C=O) groups excluding carboxylic acids is 1. The molecule has 1 aromatic heterocycles. The summed E-state index contributed by atoms with van der Waals surface area (Å²) < 4.78 is 2.25. The van der Waals surface area contributed by atoms with Crippen LogP contribution in [0.4, 0.5) is 0 Å². The van der Waals surface area contributed by atoms with Crippen LogP contribution in [0.15, 0.2) is 36.0 Å². The number of rotatable bonds is 1. The minimum absolute atomic E-state index is 0.0132. The molecule has 0 N–H and O–H groups in total. The van der Waals surface area contributed by atoms with E-state index in [2.05, 4.69) is 47.5 Å². The van der Waals surface area contributed by atoms with E-state index in [1.165, 1.54) is 11.3 Å². The van der Waals surface area contributed by atoms with E-state index in [-0.39, 0.29) is 28.7 Å². The highest BCUT2D eigenvalue weighted by atomic mass is 16.1. The average molecular weight is 345 g/mol. The molecule has 4 rings (SSSR count). The molecule has 0 unspecified atom stereocenters. The number of fused-ring (bicyclic) bond motifs is 3. The van der Waals surface area contributed by atoms with Gasteiger partial charge in [0.25, 0.3) is 0 Å². The second-order valence-electron chi connectivity index (χ2n) is 7.85. The molecule has 0 aliphatic heterocycles. The minimum atomic E-state index is -0.360. The normalized spacial score (nSPS) is 27.3. The first-order valence-corrected chi connectivity index (χ1v) is 9.17. The first-order chi connectivity index (χ1) is 12.4. The number of carbonyl (C=O) groups is 1. The van der Waals surface area contributed by atoms with Crippen LogP contribution in [-0.4, -0.2) is 15.3 Å². The van der Waals surface area contributed by atoms with Gasteiger partial charge in [-0.3, -0.25) is 0 Å². The quantitative estimate of drug-likeness (QED) is 0.722. The van der Waals surface area contributed by atoms with Crippen molar-refractivity contribution < 1.29 is 4.79 Å². The van der Waals surface area contributed by atoms with E-state index in [0.29, 0.717) is 0 Å². The molecule has 0 saturated carbocycles. The summed E-state index contributed by atoms with van der Waals surface area (Å²) >= 11 is 0. The van der Waals surface area contributed by atoms with Crippen LogP contribution in [0.5, 0.6) is 0 Å². The molecule has 1 aromatic carbocycles. The van der Waals surface area contributed by atoms with E-state index in [9.17, 15) is 4.79 Å². The molecule has 26 heavy (non-hydrogen) atoms. The van der Waals surface area contributed by atoms with Gasteiger partial charge in [0.1, 0.15) is 5.82 Å². The fourth-order valence-corrected chi connectivity index (χ4v) is 4.92. The summed E-state index contributed by atoms with van der Waals surface area (Å²) in [7, 11) is 0. The molecule has 0 radical (unpaired) electrons. The molecule has 4 nitrogen and oxygen atoms in total. The van der Waals surface area contributed by atoms with E-state index >= 15 is 0 Å². The lowest BCUT2D eigenvalue weighted by atomic mass is 9.59. The molecule has 0 bridgehead atoms. The van der Waals surface area contributed by atoms with Crippen LogP contribution in [0.1, 0.15) is 43.0 Å². The molecular weight excluding hydrogens is 322 g/mol. The van der Waals surface area contributed by atoms with Crippen molar-refractivity contribution in [3.05, 3.63) is 70.2 Å². The Balaban J connectivity index is 1.94. The monoisotopic (exact) mass is 345 g/mol. The van der Waals surface area contributed by atoms with E-state index in [0.717, 1.165) is 30.0 Å². The van der Waals surface area contributed by atoms with Crippen LogP contribution in [0.2, 0.25) is 0 Å². The van der Waals surface area contributed by atoms with Crippen LogP contribution in [0.25, 0.3) is 10.5 Å². The highest BCUT2D eigenvalue weighted by molar-refractivity contribution is 6.00. The summed E-state index contributed by atoms with van der Waals surface area (Å²) in [5.74, 6) is 1.02. The Hall–Kier alpha value is -2.67. The van der Waals surface area contributed by atoms with Gasteiger partial charge in [-0.05, 0) is 50.3 Å². The largest absolute Gasteiger partial charge is 0.308 e. The predicted molar refractivity (Wildman–Crippen MR) is 101 cm³/mol. The smallest absolute Gasteiger partial charge is 0.226 e. The van der Waals surface area contributed by atoms with Crippen molar-refractivity contribution in [1.29, 1.82) is 0 Å². The second kappa shape index (κ2) is 5.67. The molecule has 0 amide bonds. The van der Waals surface area contributed by atoms with Gasteiger partial charge in [0.2, 0.25) is 5.70 Å². The number of ketones is 1. The zero-order valence-electron chi connectivity index (χ0n) is 15.7. The molecule has 132 valence electrons. The molecule has 2 aliphatic rings. The highest BCUT2D eigenvalue weighted by Gasteiger charge is 2.49. The number of aryl methyl sites for hydroxylation is 2. The van der Waals surface area contributed by atoms with Gasteiger partial charge in [-0.25, -0.2) is 9.83 Å². The van der Waals surface area contributed by atoms with E-state index in [4.69, 9.17) is 11.6 Å². The van der Waals surface area contributed by atoms with Crippen LogP contribution in [-0.2, 0) is 16.6 Å². The molecule has 3 atom stereocenters. The lowest BCUT2D eigenvalue weighted by Gasteiger charge is -2.44. The van der Waals surface area contributed by atoms with Crippen molar-refractivity contribution in [2.75, 3.05) is 0 Å². The van der Waals surface area contributed by atoms with Crippen molar-refractivity contribution in [3.8, 4) is 5.69 Å². The summed E-state index contributed by atoms with van der Waals surface area (Å²) in [6.45, 7) is 15.7. The minimum Gasteiger partial charge on any atom is -0.308 e. The molecule has 2 aromatic rings. The molecule has 1 heterocycles. The van der Waals surface area contributed by atoms with Crippen LogP contribution in [0.3, 0.4) is 0 Å². The van der Waals surface area contributed by atoms with Crippen molar-refractivity contribution in [3.63, 3.8) is 0 Å². The fraction of sp³-hybridized carbons (Fsp3) is 0.409. The van der Waals surface area contributed by atoms with Crippen LogP contribution < -0.4 is 0 Å². The number of aromatic nitrogens is 2.